The first kappa shape index (κ1) is 21.1. The van der Waals surface area contributed by atoms with Gasteiger partial charge in [0.15, 0.2) is 0 Å². The number of rotatable bonds is 14. The fourth-order valence-corrected chi connectivity index (χ4v) is 3.20. The lowest BCUT2D eigenvalue weighted by atomic mass is 10.00. The molecule has 0 spiro atoms. The van der Waals surface area contributed by atoms with Gasteiger partial charge in [-0.1, -0.05) is 78.6 Å². The molecule has 0 saturated carbocycles. The van der Waals surface area contributed by atoms with Gasteiger partial charge in [-0.05, 0) is 18.8 Å². The molecule has 21 heavy (non-hydrogen) atoms. The van der Waals surface area contributed by atoms with Crippen LogP contribution in [-0.4, -0.2) is 15.9 Å². The van der Waals surface area contributed by atoms with E-state index in [9.17, 15) is 4.57 Å². The fourth-order valence-electron chi connectivity index (χ4n) is 2.62. The van der Waals surface area contributed by atoms with Gasteiger partial charge in [0.2, 0.25) is 0 Å². The van der Waals surface area contributed by atoms with E-state index in [1.165, 1.54) is 44.9 Å². The highest BCUT2D eigenvalue weighted by Gasteiger charge is 2.22. The lowest BCUT2D eigenvalue weighted by Gasteiger charge is -2.19. The van der Waals surface area contributed by atoms with E-state index in [1.807, 2.05) is 13.8 Å². The largest absolute Gasteiger partial charge is 0.469 e. The SMILES string of the molecule is CCCCCCCCCCCC(CC(C)C)OP(=O)(O)O. The molecule has 0 radical (unpaired) electrons. The average molecular weight is 322 g/mol. The minimum absolute atomic E-state index is 0.310. The van der Waals surface area contributed by atoms with E-state index >= 15 is 0 Å². The summed E-state index contributed by atoms with van der Waals surface area (Å²) in [5.41, 5.74) is 0. The van der Waals surface area contributed by atoms with Crippen LogP contribution in [0.2, 0.25) is 0 Å². The van der Waals surface area contributed by atoms with Crippen LogP contribution >= 0.6 is 7.82 Å². The topological polar surface area (TPSA) is 66.8 Å². The van der Waals surface area contributed by atoms with Gasteiger partial charge in [0.05, 0.1) is 6.10 Å². The summed E-state index contributed by atoms with van der Waals surface area (Å²) in [5.74, 6) is 0.389. The first-order valence-electron chi connectivity index (χ1n) is 8.59. The second-order valence-corrected chi connectivity index (χ2v) is 7.66. The molecule has 5 heteroatoms. The van der Waals surface area contributed by atoms with Crippen molar-refractivity contribution >= 4 is 7.82 Å². The van der Waals surface area contributed by atoms with E-state index in [-0.39, 0.29) is 6.10 Å². The van der Waals surface area contributed by atoms with Gasteiger partial charge in [-0.2, -0.15) is 0 Å². The van der Waals surface area contributed by atoms with Gasteiger partial charge in [-0.25, -0.2) is 4.57 Å². The predicted molar refractivity (Wildman–Crippen MR) is 88.2 cm³/mol. The normalized spacial score (nSPS) is 13.8. The van der Waals surface area contributed by atoms with Crippen molar-refractivity contribution in [2.24, 2.45) is 5.92 Å². The minimum Gasteiger partial charge on any atom is -0.303 e. The number of hydrogen-bond acceptors (Lipinski definition) is 2. The summed E-state index contributed by atoms with van der Waals surface area (Å²) < 4.78 is 15.8. The van der Waals surface area contributed by atoms with Crippen molar-refractivity contribution < 1.29 is 18.9 Å². The molecule has 0 fully saturated rings. The van der Waals surface area contributed by atoms with Gasteiger partial charge < -0.3 is 9.79 Å². The van der Waals surface area contributed by atoms with Crippen molar-refractivity contribution in [3.8, 4) is 0 Å². The van der Waals surface area contributed by atoms with Gasteiger partial charge in [0.25, 0.3) is 0 Å². The second kappa shape index (κ2) is 12.6. The molecule has 1 atom stereocenters. The molecule has 0 aromatic heterocycles. The molecule has 0 bridgehead atoms. The first-order valence-corrected chi connectivity index (χ1v) is 10.1. The Hall–Kier alpha value is 0.110. The molecule has 0 aromatic carbocycles. The molecule has 0 heterocycles. The van der Waals surface area contributed by atoms with E-state index in [0.29, 0.717) is 12.3 Å². The second-order valence-electron chi connectivity index (χ2n) is 6.46. The Morgan fingerprint density at radius 3 is 1.81 bits per heavy atom. The van der Waals surface area contributed by atoms with E-state index in [0.717, 1.165) is 19.3 Å². The van der Waals surface area contributed by atoms with Crippen molar-refractivity contribution in [1.82, 2.24) is 0 Å². The summed E-state index contributed by atoms with van der Waals surface area (Å²) in [4.78, 5) is 17.9. The van der Waals surface area contributed by atoms with Crippen LogP contribution in [0.15, 0.2) is 0 Å². The number of phosphoric ester groups is 1. The molecule has 0 aliphatic heterocycles. The average Bonchev–Trinajstić information content (AvgIpc) is 2.34. The zero-order chi connectivity index (χ0) is 16.1. The maximum Gasteiger partial charge on any atom is 0.469 e. The van der Waals surface area contributed by atoms with Gasteiger partial charge in [0, 0.05) is 0 Å². The summed E-state index contributed by atoms with van der Waals surface area (Å²) in [6.07, 6.45) is 12.4. The molecule has 128 valence electrons. The molecule has 2 N–H and O–H groups in total. The maximum atomic E-state index is 11.0. The van der Waals surface area contributed by atoms with E-state index in [2.05, 4.69) is 6.92 Å². The van der Waals surface area contributed by atoms with Crippen LogP contribution in [-0.2, 0) is 9.09 Å². The Bertz CT molecular complexity index is 275. The quantitative estimate of drug-likeness (QED) is 0.330. The number of unbranched alkanes of at least 4 members (excludes halogenated alkanes) is 8. The monoisotopic (exact) mass is 322 g/mol. The van der Waals surface area contributed by atoms with Gasteiger partial charge >= 0.3 is 7.82 Å². The third kappa shape index (κ3) is 16.3. The summed E-state index contributed by atoms with van der Waals surface area (Å²) in [7, 11) is -4.36. The molecular formula is C16H35O4P. The minimum atomic E-state index is -4.36. The van der Waals surface area contributed by atoms with Crippen LogP contribution in [0.3, 0.4) is 0 Å². The fraction of sp³-hybridized carbons (Fsp3) is 1.00. The van der Waals surface area contributed by atoms with Crippen LogP contribution in [0.1, 0.15) is 91.4 Å². The first-order chi connectivity index (χ1) is 9.85. The molecule has 4 nitrogen and oxygen atoms in total. The number of hydrogen-bond donors (Lipinski definition) is 2. The van der Waals surface area contributed by atoms with E-state index < -0.39 is 7.82 Å². The molecule has 0 amide bonds. The molecule has 0 aliphatic carbocycles. The van der Waals surface area contributed by atoms with Gasteiger partial charge in [-0.3, -0.25) is 4.52 Å². The third-order valence-electron chi connectivity index (χ3n) is 3.65. The highest BCUT2D eigenvalue weighted by molar-refractivity contribution is 7.46. The summed E-state index contributed by atoms with van der Waals surface area (Å²) >= 11 is 0. The Balaban J connectivity index is 3.66. The summed E-state index contributed by atoms with van der Waals surface area (Å²) in [6.45, 7) is 6.33. The van der Waals surface area contributed by atoms with Crippen LogP contribution in [0.5, 0.6) is 0 Å². The van der Waals surface area contributed by atoms with Crippen LogP contribution in [0, 0.1) is 5.92 Å². The van der Waals surface area contributed by atoms with Gasteiger partial charge in [-0.15, -0.1) is 0 Å². The van der Waals surface area contributed by atoms with Gasteiger partial charge in [0.1, 0.15) is 0 Å². The number of phosphoric acid groups is 1. The van der Waals surface area contributed by atoms with Crippen molar-refractivity contribution in [1.29, 1.82) is 0 Å². The molecule has 1 unspecified atom stereocenters. The smallest absolute Gasteiger partial charge is 0.303 e. The summed E-state index contributed by atoms with van der Waals surface area (Å²) in [6, 6.07) is 0. The third-order valence-corrected chi connectivity index (χ3v) is 4.22. The Morgan fingerprint density at radius 2 is 1.38 bits per heavy atom. The van der Waals surface area contributed by atoms with E-state index in [1.54, 1.807) is 0 Å². The maximum absolute atomic E-state index is 11.0. The lowest BCUT2D eigenvalue weighted by molar-refractivity contribution is 0.108. The Morgan fingerprint density at radius 1 is 0.905 bits per heavy atom. The zero-order valence-corrected chi connectivity index (χ0v) is 15.0. The Kier molecular flexibility index (Phi) is 12.7. The van der Waals surface area contributed by atoms with Crippen LogP contribution < -0.4 is 0 Å². The molecule has 0 aromatic rings. The lowest BCUT2D eigenvalue weighted by Crippen LogP contribution is -2.14. The van der Waals surface area contributed by atoms with Crippen molar-refractivity contribution in [3.05, 3.63) is 0 Å². The Labute approximate surface area is 130 Å². The van der Waals surface area contributed by atoms with Crippen LogP contribution in [0.25, 0.3) is 0 Å². The molecule has 0 rings (SSSR count). The summed E-state index contributed by atoms with van der Waals surface area (Å²) in [5, 5.41) is 0. The highest BCUT2D eigenvalue weighted by Crippen LogP contribution is 2.40. The van der Waals surface area contributed by atoms with Crippen molar-refractivity contribution in [3.63, 3.8) is 0 Å². The molecule has 0 aliphatic rings. The zero-order valence-electron chi connectivity index (χ0n) is 14.1. The highest BCUT2D eigenvalue weighted by atomic mass is 31.2. The van der Waals surface area contributed by atoms with E-state index in [4.69, 9.17) is 14.3 Å². The molecule has 0 saturated heterocycles. The molecular weight excluding hydrogens is 287 g/mol. The van der Waals surface area contributed by atoms with Crippen molar-refractivity contribution in [2.75, 3.05) is 0 Å². The predicted octanol–water partition coefficient (Wildman–Crippen LogP) is 5.43. The van der Waals surface area contributed by atoms with Crippen molar-refractivity contribution in [2.45, 2.75) is 97.5 Å². The standard InChI is InChI=1S/C16H35O4P/c1-4-5-6-7-8-9-10-11-12-13-16(14-15(2)3)20-21(17,18)19/h15-16H,4-14H2,1-3H3,(H2,17,18,19). The van der Waals surface area contributed by atoms with Crippen LogP contribution in [0.4, 0.5) is 0 Å².